The van der Waals surface area contributed by atoms with E-state index in [1.54, 1.807) is 6.92 Å². The Kier molecular flexibility index (Phi) is 19.8. The van der Waals surface area contributed by atoms with Gasteiger partial charge in [-0.05, 0) is 31.0 Å². The number of hydrogen-bond acceptors (Lipinski definition) is 4. The minimum absolute atomic E-state index is 0.244. The summed E-state index contributed by atoms with van der Waals surface area (Å²) in [5, 5.41) is 0. The van der Waals surface area contributed by atoms with Gasteiger partial charge in [0.05, 0.1) is 18.4 Å². The molecule has 1 radical (unpaired) electrons. The molecule has 0 aliphatic rings. The van der Waals surface area contributed by atoms with Crippen molar-refractivity contribution in [2.24, 2.45) is 0 Å². The molecule has 34 heavy (non-hydrogen) atoms. The van der Waals surface area contributed by atoms with E-state index in [1.165, 1.54) is 119 Å². The summed E-state index contributed by atoms with van der Waals surface area (Å²) in [4.78, 5) is 11.6. The lowest BCUT2D eigenvalue weighted by molar-refractivity contribution is -0.139. The zero-order valence-electron chi connectivity index (χ0n) is 22.0. The molecule has 0 N–H and O–H groups in total. The van der Waals surface area contributed by atoms with Gasteiger partial charge in [0.15, 0.2) is 0 Å². The molecule has 5 heteroatoms. The predicted octanol–water partition coefficient (Wildman–Crippen LogP) is 8.11. The minimum Gasteiger partial charge on any atom is -0.653 e. The first-order valence-corrected chi connectivity index (χ1v) is 14.2. The Morgan fingerprint density at radius 2 is 1.24 bits per heavy atom. The third-order valence-electron chi connectivity index (χ3n) is 6.12. The van der Waals surface area contributed by atoms with Gasteiger partial charge >= 0.3 is 22.6 Å². The van der Waals surface area contributed by atoms with Crippen LogP contribution in [0.3, 0.4) is 0 Å². The highest BCUT2D eigenvalue weighted by atomic mass is 27.1. The van der Waals surface area contributed by atoms with Crippen molar-refractivity contribution in [2.75, 3.05) is 6.61 Å². The molecule has 1 aromatic rings. The van der Waals surface area contributed by atoms with E-state index in [9.17, 15) is 4.79 Å². The number of hydrogen-bond donors (Lipinski definition) is 0. The van der Waals surface area contributed by atoms with E-state index in [1.807, 2.05) is 24.3 Å². The lowest BCUT2D eigenvalue weighted by Gasteiger charge is -2.08. The van der Waals surface area contributed by atoms with Gasteiger partial charge in [-0.25, -0.2) is 4.79 Å². The van der Waals surface area contributed by atoms with Crippen LogP contribution in [0.1, 0.15) is 122 Å². The largest absolute Gasteiger partial charge is 0.653 e. The van der Waals surface area contributed by atoms with Crippen LogP contribution in [-0.2, 0) is 19.9 Å². The van der Waals surface area contributed by atoms with Crippen LogP contribution < -0.4 is 4.74 Å². The fraction of sp³-hybridized carbons (Fsp3) is 0.690. The van der Waals surface area contributed by atoms with Gasteiger partial charge in [-0.2, -0.15) is 0 Å². The first kappa shape index (κ1) is 30.6. The van der Waals surface area contributed by atoms with Crippen molar-refractivity contribution >= 4 is 22.6 Å². The summed E-state index contributed by atoms with van der Waals surface area (Å²) in [6.45, 7) is 5.01. The highest BCUT2D eigenvalue weighted by molar-refractivity contribution is 5.99. The minimum atomic E-state index is -0.395. The third-order valence-corrected chi connectivity index (χ3v) is 6.58. The van der Waals surface area contributed by atoms with Gasteiger partial charge < -0.3 is 13.3 Å². The predicted molar refractivity (Wildman–Crippen MR) is 143 cm³/mol. The molecular weight excluding hydrogens is 439 g/mol. The molecule has 4 nitrogen and oxygen atoms in total. The molecule has 0 heterocycles. The van der Waals surface area contributed by atoms with Crippen molar-refractivity contribution in [3.05, 3.63) is 41.7 Å². The highest BCUT2D eigenvalue weighted by Crippen LogP contribution is 2.16. The Labute approximate surface area is 217 Å². The molecule has 191 valence electrons. The maximum absolute atomic E-state index is 11.6. The molecule has 0 saturated carbocycles. The van der Waals surface area contributed by atoms with E-state index in [4.69, 9.17) is 13.3 Å². The van der Waals surface area contributed by atoms with Crippen molar-refractivity contribution < 1.29 is 18.1 Å². The van der Waals surface area contributed by atoms with E-state index in [-0.39, 0.29) is 6.61 Å². The van der Waals surface area contributed by atoms with E-state index >= 15 is 0 Å². The number of carbonyl (C=O) groups is 1. The van der Waals surface area contributed by atoms with Gasteiger partial charge in [0.2, 0.25) is 0 Å². The number of rotatable bonds is 22. The topological polar surface area (TPSA) is 44.8 Å². The monoisotopic (exact) mass is 487 g/mol. The summed E-state index contributed by atoms with van der Waals surface area (Å²) in [6.07, 6.45) is 23.4. The average Bonchev–Trinajstić information content (AvgIpc) is 2.85. The zero-order chi connectivity index (χ0) is 24.7. The van der Waals surface area contributed by atoms with Crippen LogP contribution in [0.4, 0.5) is 0 Å². The maximum atomic E-state index is 11.6. The summed E-state index contributed by atoms with van der Waals surface area (Å²) in [5.41, 5.74) is 0.938. The van der Waals surface area contributed by atoms with E-state index in [2.05, 4.69) is 6.92 Å². The standard InChI is InChI=1S/C29H48O4.Al.H/c1-3-4-5-6-7-8-9-10-11-12-13-14-15-16-17-18-23-32-28-21-19-27(20-22-28)25-33-29(31)24-26(2)30;;/h19-22,24,30H,3-18,23,25H2,1-2H3;;/q;+1;/p-1. The van der Waals surface area contributed by atoms with Crippen molar-refractivity contribution in [3.63, 3.8) is 0 Å². The molecule has 0 aliphatic heterocycles. The van der Waals surface area contributed by atoms with Crippen molar-refractivity contribution in [1.29, 1.82) is 0 Å². The molecule has 0 fully saturated rings. The summed E-state index contributed by atoms with van der Waals surface area (Å²) in [7, 11) is 0. The zero-order valence-corrected chi connectivity index (χ0v) is 23.4. The lowest BCUT2D eigenvalue weighted by atomic mass is 10.0. The van der Waals surface area contributed by atoms with Crippen LogP contribution in [0, 0.1) is 0 Å². The molecular formula is C29H48AlO4. The van der Waals surface area contributed by atoms with Crippen LogP contribution >= 0.6 is 0 Å². The van der Waals surface area contributed by atoms with Crippen molar-refractivity contribution in [2.45, 2.75) is 123 Å². The molecule has 1 rings (SSSR count). The van der Waals surface area contributed by atoms with Gasteiger partial charge in [-0.3, -0.25) is 0 Å². The van der Waals surface area contributed by atoms with Crippen molar-refractivity contribution in [3.8, 4) is 5.75 Å². The Morgan fingerprint density at radius 1 is 0.765 bits per heavy atom. The number of esters is 1. The Bertz CT molecular complexity index is 642. The second-order valence-corrected chi connectivity index (χ2v) is 9.59. The fourth-order valence-electron chi connectivity index (χ4n) is 3.93. The molecule has 0 spiro atoms. The molecule has 0 aliphatic carbocycles. The van der Waals surface area contributed by atoms with E-state index in [0.29, 0.717) is 5.76 Å². The van der Waals surface area contributed by atoms with Crippen LogP contribution in [0.2, 0.25) is 0 Å². The molecule has 0 unspecified atom stereocenters. The second-order valence-electron chi connectivity index (χ2n) is 9.30. The van der Waals surface area contributed by atoms with E-state index in [0.717, 1.165) is 24.3 Å². The molecule has 0 aromatic heterocycles. The Balaban J connectivity index is 1.91. The number of ether oxygens (including phenoxy) is 2. The highest BCUT2D eigenvalue weighted by Gasteiger charge is 2.02. The summed E-state index contributed by atoms with van der Waals surface area (Å²) >= 11 is 1.33. The molecule has 0 bridgehead atoms. The first-order valence-electron chi connectivity index (χ1n) is 13.6. The first-order chi connectivity index (χ1) is 16.7. The van der Waals surface area contributed by atoms with Gasteiger partial charge in [-0.1, -0.05) is 115 Å². The van der Waals surface area contributed by atoms with Gasteiger partial charge in [0.1, 0.15) is 12.4 Å². The van der Waals surface area contributed by atoms with Crippen LogP contribution in [0.25, 0.3) is 0 Å². The summed E-state index contributed by atoms with van der Waals surface area (Å²) < 4.78 is 16.0. The van der Waals surface area contributed by atoms with Gasteiger partial charge in [-0.15, -0.1) is 0 Å². The maximum Gasteiger partial charge on any atom is 0.494 e. The number of benzene rings is 1. The molecule has 0 saturated heterocycles. The van der Waals surface area contributed by atoms with Gasteiger partial charge in [0.25, 0.3) is 0 Å². The third kappa shape index (κ3) is 18.0. The molecule has 0 amide bonds. The Morgan fingerprint density at radius 3 is 1.71 bits per heavy atom. The Hall–Kier alpha value is -1.44. The fourth-order valence-corrected chi connectivity index (χ4v) is 4.01. The van der Waals surface area contributed by atoms with Crippen LogP contribution in [0.5, 0.6) is 5.75 Å². The normalized spacial score (nSPS) is 11.4. The number of unbranched alkanes of at least 4 members (excludes halogenated alkanes) is 15. The summed E-state index contributed by atoms with van der Waals surface area (Å²) in [5.74, 6) is 1.02. The molecule has 1 aromatic carbocycles. The van der Waals surface area contributed by atoms with Crippen molar-refractivity contribution in [1.82, 2.24) is 0 Å². The number of carbonyl (C=O) groups excluding carboxylic acids is 1. The average molecular weight is 488 g/mol. The van der Waals surface area contributed by atoms with E-state index < -0.39 is 5.97 Å². The second kappa shape index (κ2) is 22.1. The summed E-state index contributed by atoms with van der Waals surface area (Å²) in [6, 6.07) is 7.75. The van der Waals surface area contributed by atoms with Crippen LogP contribution in [-0.4, -0.2) is 29.2 Å². The smallest absolute Gasteiger partial charge is 0.494 e. The quantitative estimate of drug-likeness (QED) is 0.0545. The molecule has 0 atom stereocenters. The van der Waals surface area contributed by atoms with Crippen LogP contribution in [0.15, 0.2) is 36.1 Å². The van der Waals surface area contributed by atoms with Gasteiger partial charge in [0, 0.05) is 0 Å². The lowest BCUT2D eigenvalue weighted by Crippen LogP contribution is -2.02. The SMILES string of the molecule is CCCCCCCCCCCCCCCCCCOc1ccc(COC(=O)C=C(C)[O][AlH])cc1. The number of allylic oxidation sites excluding steroid dienone is 1.